The van der Waals surface area contributed by atoms with Gasteiger partial charge in [0.2, 0.25) is 0 Å². The molecule has 0 bridgehead atoms. The van der Waals surface area contributed by atoms with Crippen LogP contribution in [-0.4, -0.2) is 15.5 Å². The zero-order valence-corrected chi connectivity index (χ0v) is 18.9. The van der Waals surface area contributed by atoms with E-state index in [-0.39, 0.29) is 35.9 Å². The van der Waals surface area contributed by atoms with Crippen LogP contribution in [-0.2, 0) is 13.1 Å². The number of para-hydroxylation sites is 1. The number of H-pyrrole nitrogens is 1. The van der Waals surface area contributed by atoms with Crippen molar-refractivity contribution < 1.29 is 13.6 Å². The molecule has 0 unspecified atom stereocenters. The largest absolute Gasteiger partial charge is 0.448 e. The van der Waals surface area contributed by atoms with Gasteiger partial charge in [-0.05, 0) is 25.0 Å². The van der Waals surface area contributed by atoms with Crippen LogP contribution in [0.4, 0.5) is 15.9 Å². The number of hydrogen-bond acceptors (Lipinski definition) is 5. The Morgan fingerprint density at radius 2 is 1.88 bits per heavy atom. The number of anilines is 2. The first-order valence-electron chi connectivity index (χ1n) is 11.0. The van der Waals surface area contributed by atoms with E-state index in [9.17, 15) is 18.8 Å². The summed E-state index contributed by atoms with van der Waals surface area (Å²) in [6.07, 6.45) is 1.46. The molecule has 1 amide bonds. The molecule has 0 fully saturated rings. The first-order valence-corrected chi connectivity index (χ1v) is 11.0. The molecule has 0 aliphatic carbocycles. The number of carbonyl (C=O) groups is 1. The summed E-state index contributed by atoms with van der Waals surface area (Å²) >= 11 is 0. The van der Waals surface area contributed by atoms with Gasteiger partial charge in [0.25, 0.3) is 11.5 Å². The van der Waals surface area contributed by atoms with E-state index in [0.717, 1.165) is 12.0 Å². The first kappa shape index (κ1) is 23.0. The van der Waals surface area contributed by atoms with Crippen molar-refractivity contribution >= 4 is 28.4 Å². The summed E-state index contributed by atoms with van der Waals surface area (Å²) in [4.78, 5) is 42.6. The van der Waals surface area contributed by atoms with Gasteiger partial charge in [-0.25, -0.2) is 9.18 Å². The second kappa shape index (κ2) is 9.38. The number of halogens is 1. The molecule has 0 aliphatic rings. The van der Waals surface area contributed by atoms with Crippen molar-refractivity contribution in [3.63, 3.8) is 0 Å². The fourth-order valence-corrected chi connectivity index (χ4v) is 3.93. The number of benzene rings is 2. The Morgan fingerprint density at radius 1 is 1.15 bits per heavy atom. The van der Waals surface area contributed by atoms with Crippen LogP contribution >= 0.6 is 0 Å². The number of amides is 1. The van der Waals surface area contributed by atoms with E-state index < -0.39 is 23.0 Å². The van der Waals surface area contributed by atoms with E-state index in [0.29, 0.717) is 17.4 Å². The van der Waals surface area contributed by atoms with Crippen molar-refractivity contribution in [1.82, 2.24) is 9.55 Å². The number of aromatic amines is 1. The Morgan fingerprint density at radius 3 is 2.56 bits per heavy atom. The molecule has 0 radical (unpaired) electrons. The summed E-state index contributed by atoms with van der Waals surface area (Å²) in [5, 5.41) is 0.456. The van der Waals surface area contributed by atoms with Crippen molar-refractivity contribution in [3.05, 3.63) is 92.1 Å². The number of fused-ring (bicyclic) bond motifs is 1. The van der Waals surface area contributed by atoms with Gasteiger partial charge in [-0.15, -0.1) is 0 Å². The standard InChI is InChI=1S/C25H25FN4O4/c1-3-4-13-29-22(27)19(23(31)28-25(29)33)30(14-16-9-6-5-7-10-16)24(32)20-15(2)17-11-8-12-18(26)21(17)34-20/h5-12H,3-4,13-14,27H2,1-2H3,(H,28,31,33). The predicted octanol–water partition coefficient (Wildman–Crippen LogP) is 3.96. The normalized spacial score (nSPS) is 11.1. The van der Waals surface area contributed by atoms with Crippen LogP contribution in [0.25, 0.3) is 11.0 Å². The number of hydrogen-bond donors (Lipinski definition) is 2. The molecule has 4 aromatic rings. The van der Waals surface area contributed by atoms with E-state index in [1.807, 2.05) is 13.0 Å². The summed E-state index contributed by atoms with van der Waals surface area (Å²) in [6.45, 7) is 3.88. The highest BCUT2D eigenvalue weighted by atomic mass is 19.1. The molecule has 9 heteroatoms. The molecule has 0 atom stereocenters. The molecule has 0 spiro atoms. The monoisotopic (exact) mass is 464 g/mol. The number of unbranched alkanes of at least 4 members (excludes halogenated alkanes) is 1. The average molecular weight is 464 g/mol. The van der Waals surface area contributed by atoms with Crippen LogP contribution in [0, 0.1) is 12.7 Å². The van der Waals surface area contributed by atoms with Gasteiger partial charge in [-0.3, -0.25) is 24.0 Å². The van der Waals surface area contributed by atoms with Gasteiger partial charge < -0.3 is 10.2 Å². The lowest BCUT2D eigenvalue weighted by molar-refractivity contribution is 0.0959. The zero-order chi connectivity index (χ0) is 24.4. The van der Waals surface area contributed by atoms with Crippen LogP contribution in [0.1, 0.15) is 41.4 Å². The summed E-state index contributed by atoms with van der Waals surface area (Å²) in [5.41, 5.74) is 5.81. The molecule has 0 aliphatic heterocycles. The highest BCUT2D eigenvalue weighted by Gasteiger charge is 2.30. The van der Waals surface area contributed by atoms with Gasteiger partial charge in [0.1, 0.15) is 5.82 Å². The summed E-state index contributed by atoms with van der Waals surface area (Å²) in [6, 6.07) is 13.4. The third-order valence-electron chi connectivity index (χ3n) is 5.76. The lowest BCUT2D eigenvalue weighted by atomic mass is 10.1. The SMILES string of the molecule is CCCCn1c(N)c(N(Cc2ccccc2)C(=O)c2oc3c(F)cccc3c2C)c(=O)[nH]c1=O. The average Bonchev–Trinajstić information content (AvgIpc) is 3.16. The Hall–Kier alpha value is -4.14. The topological polar surface area (TPSA) is 114 Å². The van der Waals surface area contributed by atoms with Crippen molar-refractivity contribution in [3.8, 4) is 0 Å². The smallest absolute Gasteiger partial charge is 0.330 e. The van der Waals surface area contributed by atoms with E-state index >= 15 is 0 Å². The second-order valence-electron chi connectivity index (χ2n) is 8.05. The molecular weight excluding hydrogens is 439 g/mol. The highest BCUT2D eigenvalue weighted by molar-refractivity contribution is 6.08. The summed E-state index contributed by atoms with van der Waals surface area (Å²) < 4.78 is 21.2. The van der Waals surface area contributed by atoms with E-state index in [4.69, 9.17) is 10.2 Å². The van der Waals surface area contributed by atoms with E-state index in [1.165, 1.54) is 21.6 Å². The number of nitrogens with one attached hydrogen (secondary N) is 1. The minimum Gasteiger partial charge on any atom is -0.448 e. The third-order valence-corrected chi connectivity index (χ3v) is 5.76. The number of carbonyl (C=O) groups excluding carboxylic acids is 1. The van der Waals surface area contributed by atoms with Gasteiger partial charge >= 0.3 is 5.69 Å². The Labute approximate surface area is 194 Å². The molecule has 34 heavy (non-hydrogen) atoms. The fourth-order valence-electron chi connectivity index (χ4n) is 3.93. The number of nitrogen functional groups attached to an aromatic ring is 1. The Bertz CT molecular complexity index is 1470. The summed E-state index contributed by atoms with van der Waals surface area (Å²) in [7, 11) is 0. The second-order valence-corrected chi connectivity index (χ2v) is 8.05. The van der Waals surface area contributed by atoms with Crippen LogP contribution in [0.3, 0.4) is 0 Å². The lowest BCUT2D eigenvalue weighted by Gasteiger charge is -2.24. The van der Waals surface area contributed by atoms with Gasteiger partial charge in [-0.1, -0.05) is 55.8 Å². The Balaban J connectivity index is 1.91. The van der Waals surface area contributed by atoms with Crippen LogP contribution in [0.15, 0.2) is 62.5 Å². The molecule has 2 aromatic heterocycles. The van der Waals surface area contributed by atoms with Crippen LogP contribution in [0.5, 0.6) is 0 Å². The number of nitrogens with zero attached hydrogens (tertiary/aromatic N) is 2. The zero-order valence-electron chi connectivity index (χ0n) is 18.9. The third kappa shape index (κ3) is 4.12. The maximum absolute atomic E-state index is 14.3. The van der Waals surface area contributed by atoms with E-state index in [2.05, 4.69) is 4.98 Å². The molecule has 2 heterocycles. The highest BCUT2D eigenvalue weighted by Crippen LogP contribution is 2.30. The number of nitrogens with two attached hydrogens (primary N) is 1. The molecule has 2 aromatic carbocycles. The number of aryl methyl sites for hydroxylation is 1. The van der Waals surface area contributed by atoms with Gasteiger partial charge in [0.15, 0.2) is 22.8 Å². The quantitative estimate of drug-likeness (QED) is 0.430. The van der Waals surface area contributed by atoms with Crippen LogP contribution in [0.2, 0.25) is 0 Å². The molecule has 176 valence electrons. The van der Waals surface area contributed by atoms with Crippen molar-refractivity contribution in [2.45, 2.75) is 39.8 Å². The minimum absolute atomic E-state index is 0.0160. The van der Waals surface area contributed by atoms with Crippen molar-refractivity contribution in [2.75, 3.05) is 10.6 Å². The lowest BCUT2D eigenvalue weighted by Crippen LogP contribution is -2.41. The maximum atomic E-state index is 14.3. The summed E-state index contributed by atoms with van der Waals surface area (Å²) in [5.74, 6) is -1.50. The van der Waals surface area contributed by atoms with Gasteiger partial charge in [0.05, 0.1) is 6.54 Å². The van der Waals surface area contributed by atoms with Crippen molar-refractivity contribution in [2.24, 2.45) is 0 Å². The molecule has 0 saturated heterocycles. The number of rotatable bonds is 7. The molecule has 3 N–H and O–H groups in total. The number of furan rings is 1. The Kier molecular flexibility index (Phi) is 6.36. The van der Waals surface area contributed by atoms with Gasteiger partial charge in [0, 0.05) is 17.5 Å². The van der Waals surface area contributed by atoms with Crippen LogP contribution < -0.4 is 21.9 Å². The molecule has 8 nitrogen and oxygen atoms in total. The van der Waals surface area contributed by atoms with E-state index in [1.54, 1.807) is 37.3 Å². The number of aromatic nitrogens is 2. The molecule has 4 rings (SSSR count). The maximum Gasteiger partial charge on any atom is 0.330 e. The minimum atomic E-state index is -0.792. The fraction of sp³-hybridized carbons (Fsp3) is 0.240. The molecule has 0 saturated carbocycles. The van der Waals surface area contributed by atoms with Gasteiger partial charge in [-0.2, -0.15) is 0 Å². The molecular formula is C25H25FN4O4. The first-order chi connectivity index (χ1) is 16.3. The van der Waals surface area contributed by atoms with Crippen molar-refractivity contribution in [1.29, 1.82) is 0 Å². The predicted molar refractivity (Wildman–Crippen MR) is 129 cm³/mol.